The third-order valence-electron chi connectivity index (χ3n) is 3.70. The van der Waals surface area contributed by atoms with Gasteiger partial charge in [0.05, 0.1) is 6.61 Å². The Bertz CT molecular complexity index is 389. The smallest absolute Gasteiger partial charge is 0.116 e. The Labute approximate surface area is 117 Å². The first-order valence-electron chi connectivity index (χ1n) is 7.03. The van der Waals surface area contributed by atoms with Crippen molar-refractivity contribution in [1.29, 1.82) is 0 Å². The Kier molecular flexibility index (Phi) is 4.61. The average molecular weight is 262 g/mol. The van der Waals surface area contributed by atoms with Crippen LogP contribution >= 0.6 is 0 Å². The molecule has 0 aliphatic carbocycles. The molecule has 3 nitrogen and oxygen atoms in total. The van der Waals surface area contributed by atoms with Crippen LogP contribution in [0.25, 0.3) is 0 Å². The normalized spacial score (nSPS) is 24.4. The van der Waals surface area contributed by atoms with Gasteiger partial charge in [0, 0.05) is 25.0 Å². The lowest BCUT2D eigenvalue weighted by atomic mass is 9.89. The molecule has 1 aliphatic heterocycles. The van der Waals surface area contributed by atoms with Crippen LogP contribution in [0, 0.1) is 5.41 Å². The quantitative estimate of drug-likeness (QED) is 0.832. The van der Waals surface area contributed by atoms with Gasteiger partial charge in [0.1, 0.15) is 6.23 Å². The van der Waals surface area contributed by atoms with Gasteiger partial charge in [-0.05, 0) is 19.7 Å². The van der Waals surface area contributed by atoms with E-state index in [0.717, 1.165) is 26.2 Å². The molecular formula is C16H26N2O. The number of nitrogens with zero attached hydrogens (tertiary/aromatic N) is 2. The summed E-state index contributed by atoms with van der Waals surface area (Å²) in [6, 6.07) is 10.7. The minimum Gasteiger partial charge on any atom is -0.361 e. The van der Waals surface area contributed by atoms with Crippen LogP contribution in [0.5, 0.6) is 0 Å². The largest absolute Gasteiger partial charge is 0.361 e. The van der Waals surface area contributed by atoms with E-state index in [1.54, 1.807) is 0 Å². The molecule has 0 aromatic heterocycles. The van der Waals surface area contributed by atoms with Gasteiger partial charge in [-0.15, -0.1) is 0 Å². The lowest BCUT2D eigenvalue weighted by molar-refractivity contribution is -0.0911. The van der Waals surface area contributed by atoms with Crippen molar-refractivity contribution in [3.05, 3.63) is 35.9 Å². The average Bonchev–Trinajstić information content (AvgIpc) is 2.48. The van der Waals surface area contributed by atoms with E-state index in [9.17, 15) is 0 Å². The summed E-state index contributed by atoms with van der Waals surface area (Å²) in [5.74, 6) is 0. The highest BCUT2D eigenvalue weighted by atomic mass is 16.5. The molecule has 0 saturated carbocycles. The van der Waals surface area contributed by atoms with Gasteiger partial charge < -0.3 is 4.74 Å². The first-order valence-corrected chi connectivity index (χ1v) is 7.03. The van der Waals surface area contributed by atoms with Gasteiger partial charge in [-0.25, -0.2) is 0 Å². The van der Waals surface area contributed by atoms with Crippen molar-refractivity contribution in [3.63, 3.8) is 0 Å². The topological polar surface area (TPSA) is 15.7 Å². The minimum atomic E-state index is 0.134. The van der Waals surface area contributed by atoms with E-state index in [1.807, 2.05) is 0 Å². The van der Waals surface area contributed by atoms with Gasteiger partial charge in [-0.3, -0.25) is 9.80 Å². The maximum Gasteiger partial charge on any atom is 0.116 e. The fraction of sp³-hybridized carbons (Fsp3) is 0.625. The minimum absolute atomic E-state index is 0.134. The summed E-state index contributed by atoms with van der Waals surface area (Å²) in [6.07, 6.45) is 0.188. The first kappa shape index (κ1) is 14.5. The number of rotatable bonds is 3. The summed E-state index contributed by atoms with van der Waals surface area (Å²) < 4.78 is 6.03. The fourth-order valence-electron chi connectivity index (χ4n) is 3.08. The molecule has 1 atom stereocenters. The number of ether oxygens (including phenoxy) is 1. The highest BCUT2D eigenvalue weighted by Crippen LogP contribution is 2.29. The Balaban J connectivity index is 2.04. The zero-order chi connectivity index (χ0) is 13.9. The zero-order valence-corrected chi connectivity index (χ0v) is 12.6. The Morgan fingerprint density at radius 3 is 2.58 bits per heavy atom. The molecule has 1 aliphatic rings. The highest BCUT2D eigenvalue weighted by molar-refractivity contribution is 5.14. The SMILES string of the molecule is CN(C)C1OCCN(Cc2ccccc2)CC1(C)C. The van der Waals surface area contributed by atoms with Crippen LogP contribution in [0.4, 0.5) is 0 Å². The number of hydrogen-bond donors (Lipinski definition) is 0. The van der Waals surface area contributed by atoms with E-state index in [1.165, 1.54) is 5.56 Å². The van der Waals surface area contributed by atoms with Gasteiger partial charge in [0.25, 0.3) is 0 Å². The molecule has 0 N–H and O–H groups in total. The van der Waals surface area contributed by atoms with Crippen molar-refractivity contribution in [1.82, 2.24) is 9.80 Å². The van der Waals surface area contributed by atoms with Crippen LogP contribution in [0.3, 0.4) is 0 Å². The summed E-state index contributed by atoms with van der Waals surface area (Å²) in [5.41, 5.74) is 1.51. The van der Waals surface area contributed by atoms with Gasteiger partial charge in [-0.1, -0.05) is 44.2 Å². The molecule has 0 radical (unpaired) electrons. The maximum atomic E-state index is 6.03. The molecule has 1 heterocycles. The van der Waals surface area contributed by atoms with Gasteiger partial charge >= 0.3 is 0 Å². The van der Waals surface area contributed by atoms with E-state index < -0.39 is 0 Å². The lowest BCUT2D eigenvalue weighted by Crippen LogP contribution is -2.46. The number of hydrogen-bond acceptors (Lipinski definition) is 3. The van der Waals surface area contributed by atoms with Crippen molar-refractivity contribution in [3.8, 4) is 0 Å². The predicted octanol–water partition coefficient (Wildman–Crippen LogP) is 2.43. The van der Waals surface area contributed by atoms with Crippen LogP contribution in [0.2, 0.25) is 0 Å². The number of benzene rings is 1. The van der Waals surface area contributed by atoms with Crippen molar-refractivity contribution in [2.45, 2.75) is 26.6 Å². The maximum absolute atomic E-state index is 6.03. The lowest BCUT2D eigenvalue weighted by Gasteiger charge is -2.38. The standard InChI is InChI=1S/C16H26N2O/c1-16(2)13-18(10-11-19-15(16)17(3)4)12-14-8-6-5-7-9-14/h5-9,15H,10-13H2,1-4H3. The molecule has 0 amide bonds. The summed E-state index contributed by atoms with van der Waals surface area (Å²) in [5, 5.41) is 0. The fourth-order valence-corrected chi connectivity index (χ4v) is 3.08. The molecule has 1 saturated heterocycles. The molecule has 1 aromatic rings. The van der Waals surface area contributed by atoms with E-state index in [0.29, 0.717) is 0 Å². The predicted molar refractivity (Wildman–Crippen MR) is 78.9 cm³/mol. The van der Waals surface area contributed by atoms with Crippen LogP contribution in [0.15, 0.2) is 30.3 Å². The third kappa shape index (κ3) is 3.78. The zero-order valence-electron chi connectivity index (χ0n) is 12.6. The third-order valence-corrected chi connectivity index (χ3v) is 3.70. The Morgan fingerprint density at radius 2 is 1.95 bits per heavy atom. The molecule has 19 heavy (non-hydrogen) atoms. The monoisotopic (exact) mass is 262 g/mol. The second kappa shape index (κ2) is 6.04. The van der Waals surface area contributed by atoms with E-state index in [-0.39, 0.29) is 11.6 Å². The second-order valence-electron chi connectivity index (χ2n) is 6.37. The molecule has 1 aromatic carbocycles. The van der Waals surface area contributed by atoms with Crippen LogP contribution in [-0.4, -0.2) is 49.8 Å². The van der Waals surface area contributed by atoms with Crippen molar-refractivity contribution >= 4 is 0 Å². The van der Waals surface area contributed by atoms with Gasteiger partial charge in [-0.2, -0.15) is 0 Å². The molecule has 1 unspecified atom stereocenters. The van der Waals surface area contributed by atoms with Crippen molar-refractivity contribution in [2.75, 3.05) is 33.8 Å². The van der Waals surface area contributed by atoms with Crippen LogP contribution < -0.4 is 0 Å². The van der Waals surface area contributed by atoms with Crippen LogP contribution in [-0.2, 0) is 11.3 Å². The highest BCUT2D eigenvalue weighted by Gasteiger charge is 2.36. The Hall–Kier alpha value is -0.900. The second-order valence-corrected chi connectivity index (χ2v) is 6.37. The molecule has 2 rings (SSSR count). The van der Waals surface area contributed by atoms with E-state index in [4.69, 9.17) is 4.74 Å². The summed E-state index contributed by atoms with van der Waals surface area (Å²) in [7, 11) is 4.19. The molecule has 1 fully saturated rings. The Morgan fingerprint density at radius 1 is 1.26 bits per heavy atom. The molecule has 106 valence electrons. The summed E-state index contributed by atoms with van der Waals surface area (Å²) in [4.78, 5) is 4.69. The molecule has 0 bridgehead atoms. The van der Waals surface area contributed by atoms with Crippen LogP contribution in [0.1, 0.15) is 19.4 Å². The van der Waals surface area contributed by atoms with Gasteiger partial charge in [0.15, 0.2) is 0 Å². The molecule has 3 heteroatoms. The summed E-state index contributed by atoms with van der Waals surface area (Å²) in [6.45, 7) is 8.46. The van der Waals surface area contributed by atoms with Gasteiger partial charge in [0.2, 0.25) is 0 Å². The van der Waals surface area contributed by atoms with E-state index in [2.05, 4.69) is 68.1 Å². The molecular weight excluding hydrogens is 236 g/mol. The van der Waals surface area contributed by atoms with Crippen molar-refractivity contribution in [2.24, 2.45) is 5.41 Å². The van der Waals surface area contributed by atoms with Crippen molar-refractivity contribution < 1.29 is 4.74 Å². The van der Waals surface area contributed by atoms with E-state index >= 15 is 0 Å². The first-order chi connectivity index (χ1) is 8.99. The molecule has 0 spiro atoms. The summed E-state index contributed by atoms with van der Waals surface area (Å²) >= 11 is 0.